The third kappa shape index (κ3) is 3.05. The molecule has 0 radical (unpaired) electrons. The lowest BCUT2D eigenvalue weighted by molar-refractivity contribution is -0.276. The first-order valence-electron chi connectivity index (χ1n) is 4.44. The van der Waals surface area contributed by atoms with Gasteiger partial charge in [0.15, 0.2) is 6.23 Å². The van der Waals surface area contributed by atoms with E-state index in [-0.39, 0.29) is 0 Å². The fraction of sp³-hybridized carbons (Fsp3) is 0.714. The van der Waals surface area contributed by atoms with Gasteiger partial charge in [0, 0.05) is 0 Å². The Balaban J connectivity index is 3.01. The normalized spacial score (nSPS) is 28.9. The van der Waals surface area contributed by atoms with Gasteiger partial charge in [-0.3, -0.25) is 10.1 Å². The van der Waals surface area contributed by atoms with E-state index in [2.05, 4.69) is 4.74 Å². The highest BCUT2D eigenvalue weighted by molar-refractivity contribution is 6.02. The highest BCUT2D eigenvalue weighted by atomic mass is 19.4. The fourth-order valence-corrected chi connectivity index (χ4v) is 1.18. The second-order valence-corrected chi connectivity index (χ2v) is 3.44. The predicted octanol–water partition coefficient (Wildman–Crippen LogP) is 1.00. The maximum Gasteiger partial charge on any atom is 0.436 e. The average molecular weight is 298 g/mol. The van der Waals surface area contributed by atoms with Crippen molar-refractivity contribution in [1.29, 1.82) is 0 Å². The summed E-state index contributed by atoms with van der Waals surface area (Å²) in [5, 5.41) is 2.09. The highest BCUT2D eigenvalue weighted by Gasteiger charge is 2.70. The predicted molar refractivity (Wildman–Crippen MR) is 42.4 cm³/mol. The number of carbonyl (C=O) groups is 2. The first-order chi connectivity index (χ1) is 8.38. The number of amides is 3. The van der Waals surface area contributed by atoms with Crippen molar-refractivity contribution in [1.82, 2.24) is 10.6 Å². The molecule has 19 heavy (non-hydrogen) atoms. The van der Waals surface area contributed by atoms with Crippen LogP contribution < -0.4 is 10.6 Å². The minimum atomic E-state index is -5.87. The number of urea groups is 1. The van der Waals surface area contributed by atoms with Gasteiger partial charge >= 0.3 is 24.1 Å². The van der Waals surface area contributed by atoms with Gasteiger partial charge in [-0.15, -0.1) is 0 Å². The molecule has 1 rings (SSSR count). The Morgan fingerprint density at radius 1 is 1.16 bits per heavy atom. The number of ether oxygens (including phenoxy) is 1. The number of alkyl halides is 7. The molecule has 110 valence electrons. The molecule has 0 aliphatic carbocycles. The van der Waals surface area contributed by atoms with Crippen LogP contribution >= 0.6 is 0 Å². The second-order valence-electron chi connectivity index (χ2n) is 3.44. The Morgan fingerprint density at radius 2 is 1.68 bits per heavy atom. The smallest absolute Gasteiger partial charge is 0.345 e. The number of hydrogen-bond donors (Lipinski definition) is 2. The van der Waals surface area contributed by atoms with Crippen LogP contribution in [0.4, 0.5) is 35.5 Å². The van der Waals surface area contributed by atoms with Crippen molar-refractivity contribution in [2.45, 2.75) is 24.2 Å². The molecule has 0 saturated carbocycles. The Morgan fingerprint density at radius 3 is 2.11 bits per heavy atom. The molecule has 3 amide bonds. The topological polar surface area (TPSA) is 67.4 Å². The summed E-state index contributed by atoms with van der Waals surface area (Å²) in [7, 11) is 0. The van der Waals surface area contributed by atoms with Crippen molar-refractivity contribution in [3.63, 3.8) is 0 Å². The quantitative estimate of drug-likeness (QED) is 0.747. The van der Waals surface area contributed by atoms with E-state index in [0.717, 1.165) is 10.6 Å². The van der Waals surface area contributed by atoms with Crippen LogP contribution in [0.15, 0.2) is 0 Å². The third-order valence-corrected chi connectivity index (χ3v) is 2.01. The van der Waals surface area contributed by atoms with Gasteiger partial charge in [-0.1, -0.05) is 0 Å². The van der Waals surface area contributed by atoms with Crippen LogP contribution in [0.3, 0.4) is 0 Å². The van der Waals surface area contributed by atoms with Gasteiger partial charge < -0.3 is 10.1 Å². The molecule has 2 atom stereocenters. The summed E-state index contributed by atoms with van der Waals surface area (Å²) in [4.78, 5) is 21.6. The lowest BCUT2D eigenvalue weighted by Crippen LogP contribution is -2.73. The van der Waals surface area contributed by atoms with Gasteiger partial charge in [0.2, 0.25) is 0 Å². The summed E-state index contributed by atoms with van der Waals surface area (Å²) in [5.41, 5.74) is -4.81. The number of halogens is 7. The first-order valence-corrected chi connectivity index (χ1v) is 4.44. The summed E-state index contributed by atoms with van der Waals surface area (Å²) in [5.74, 6) is -2.45. The monoisotopic (exact) mass is 298 g/mol. The fourth-order valence-electron chi connectivity index (χ4n) is 1.18. The minimum Gasteiger partial charge on any atom is -0.345 e. The molecule has 5 nitrogen and oxygen atoms in total. The van der Waals surface area contributed by atoms with Gasteiger partial charge in [-0.25, -0.2) is 9.18 Å². The Bertz CT molecular complexity index is 393. The Kier molecular flexibility index (Phi) is 3.67. The molecule has 1 aliphatic heterocycles. The van der Waals surface area contributed by atoms with E-state index in [1.165, 1.54) is 0 Å². The van der Waals surface area contributed by atoms with Gasteiger partial charge in [-0.05, 0) is 0 Å². The molecule has 1 fully saturated rings. The molecule has 1 heterocycles. The van der Waals surface area contributed by atoms with Gasteiger partial charge in [0.1, 0.15) is 6.61 Å². The average Bonchev–Trinajstić information content (AvgIpc) is 2.18. The molecule has 2 unspecified atom stereocenters. The van der Waals surface area contributed by atoms with Crippen molar-refractivity contribution < 1.29 is 45.1 Å². The van der Waals surface area contributed by atoms with Gasteiger partial charge in [0.05, 0.1) is 0 Å². The van der Waals surface area contributed by atoms with Crippen LogP contribution in [0.25, 0.3) is 0 Å². The molecule has 0 aromatic carbocycles. The maximum absolute atomic E-state index is 13.6. The molecule has 1 aliphatic rings. The van der Waals surface area contributed by atoms with Crippen LogP contribution in [0.1, 0.15) is 0 Å². The number of hydrogen-bond acceptors (Lipinski definition) is 3. The largest absolute Gasteiger partial charge is 0.436 e. The zero-order valence-corrected chi connectivity index (χ0v) is 8.65. The number of carbonyl (C=O) groups excluding carboxylic acids is 2. The Labute approximate surface area is 99.6 Å². The summed E-state index contributed by atoms with van der Waals surface area (Å²) < 4.78 is 90.0. The standard InChI is InChI=1S/C7H5F7N2O3/c8-5(9,10)1-19-3-6(11,7(12,13)14)2(17)15-4(18)16-3/h3H,1H2,(H2,15,16,17,18). The van der Waals surface area contributed by atoms with Crippen LogP contribution in [0.5, 0.6) is 0 Å². The minimum absolute atomic E-state index is 0.958. The van der Waals surface area contributed by atoms with Crippen molar-refractivity contribution in [3.8, 4) is 0 Å². The third-order valence-electron chi connectivity index (χ3n) is 2.01. The summed E-state index contributed by atoms with van der Waals surface area (Å²) in [6.07, 6.45) is -14.1. The molecule has 0 aromatic rings. The van der Waals surface area contributed by atoms with Gasteiger partial charge in [-0.2, -0.15) is 26.3 Å². The summed E-state index contributed by atoms with van der Waals surface area (Å²) in [6, 6.07) is -1.60. The molecule has 0 spiro atoms. The van der Waals surface area contributed by atoms with E-state index < -0.39 is 42.8 Å². The van der Waals surface area contributed by atoms with E-state index in [1.807, 2.05) is 0 Å². The first kappa shape index (κ1) is 15.5. The molecular weight excluding hydrogens is 293 g/mol. The zero-order chi connectivity index (χ0) is 15.1. The lowest BCUT2D eigenvalue weighted by Gasteiger charge is -2.37. The lowest BCUT2D eigenvalue weighted by atomic mass is 10.0. The maximum atomic E-state index is 13.6. The van der Waals surface area contributed by atoms with Crippen LogP contribution in [-0.2, 0) is 9.53 Å². The zero-order valence-electron chi connectivity index (χ0n) is 8.65. The summed E-state index contributed by atoms with van der Waals surface area (Å²) in [6.45, 7) is -2.27. The molecule has 0 bridgehead atoms. The van der Waals surface area contributed by atoms with Crippen molar-refractivity contribution in [2.75, 3.05) is 6.61 Å². The van der Waals surface area contributed by atoms with Crippen molar-refractivity contribution in [2.24, 2.45) is 0 Å². The highest BCUT2D eigenvalue weighted by Crippen LogP contribution is 2.39. The molecule has 1 saturated heterocycles. The number of rotatable bonds is 2. The van der Waals surface area contributed by atoms with Gasteiger partial charge in [0.25, 0.3) is 5.91 Å². The van der Waals surface area contributed by atoms with E-state index >= 15 is 0 Å². The van der Waals surface area contributed by atoms with Crippen molar-refractivity contribution in [3.05, 3.63) is 0 Å². The van der Waals surface area contributed by atoms with E-state index in [1.54, 1.807) is 0 Å². The Hall–Kier alpha value is -1.59. The van der Waals surface area contributed by atoms with Crippen LogP contribution in [0, 0.1) is 0 Å². The molecular formula is C7H5F7N2O3. The second kappa shape index (κ2) is 4.51. The number of imide groups is 1. The van der Waals surface area contributed by atoms with Crippen LogP contribution in [-0.4, -0.2) is 42.8 Å². The van der Waals surface area contributed by atoms with E-state index in [0.29, 0.717) is 0 Å². The van der Waals surface area contributed by atoms with E-state index in [4.69, 9.17) is 0 Å². The molecule has 2 N–H and O–H groups in total. The molecule has 0 aromatic heterocycles. The molecule has 12 heteroatoms. The van der Waals surface area contributed by atoms with Crippen LogP contribution in [0.2, 0.25) is 0 Å². The van der Waals surface area contributed by atoms with E-state index in [9.17, 15) is 40.3 Å². The van der Waals surface area contributed by atoms with Crippen molar-refractivity contribution >= 4 is 11.9 Å². The number of nitrogens with one attached hydrogen (secondary N) is 2. The summed E-state index contributed by atoms with van der Waals surface area (Å²) >= 11 is 0. The SMILES string of the molecule is O=C1NC(=O)C(F)(C(F)(F)F)C(OCC(F)(F)F)N1.